The van der Waals surface area contributed by atoms with Crippen molar-refractivity contribution in [2.75, 3.05) is 5.32 Å². The predicted octanol–water partition coefficient (Wildman–Crippen LogP) is 5.43. The normalized spacial score (nSPS) is 16.0. The Balaban J connectivity index is 1.57. The molecule has 4 rings (SSSR count). The molecule has 1 aliphatic carbocycles. The van der Waals surface area contributed by atoms with Crippen LogP contribution < -0.4 is 10.6 Å². The van der Waals surface area contributed by atoms with Crippen LogP contribution in [0.1, 0.15) is 38.0 Å². The molecule has 1 fully saturated rings. The number of amides is 2. The Morgan fingerprint density at radius 2 is 2.00 bits per heavy atom. The lowest BCUT2D eigenvalue weighted by atomic mass is 9.81. The minimum atomic E-state index is -0.662. The average molecular weight is 403 g/mol. The number of benzene rings is 1. The standard InChI is InChI=1S/C19H19ClN4O2S/c20-14-6-2-3-7-15(14)21-18(25)23-19(9-4-1-5-10-19)17-22-16(24-26-17)13-8-11-27-12-13/h2-3,6-8,11-12H,1,4-5,9-10H2,(H2,21,23,25). The van der Waals surface area contributed by atoms with Gasteiger partial charge >= 0.3 is 6.03 Å². The third-order valence-electron chi connectivity index (χ3n) is 4.80. The van der Waals surface area contributed by atoms with Gasteiger partial charge in [-0.2, -0.15) is 16.3 Å². The first kappa shape index (κ1) is 18.0. The van der Waals surface area contributed by atoms with Gasteiger partial charge in [-0.05, 0) is 36.4 Å². The van der Waals surface area contributed by atoms with Crippen molar-refractivity contribution in [1.29, 1.82) is 0 Å². The second-order valence-electron chi connectivity index (χ2n) is 6.64. The number of carbonyl (C=O) groups excluding carboxylic acids is 1. The molecular weight excluding hydrogens is 384 g/mol. The minimum Gasteiger partial charge on any atom is -0.336 e. The highest BCUT2D eigenvalue weighted by Gasteiger charge is 2.41. The highest BCUT2D eigenvalue weighted by Crippen LogP contribution is 2.37. The molecule has 0 atom stereocenters. The van der Waals surface area contributed by atoms with Crippen molar-refractivity contribution >= 4 is 34.7 Å². The van der Waals surface area contributed by atoms with Gasteiger partial charge in [0.25, 0.3) is 5.89 Å². The number of hydrogen-bond donors (Lipinski definition) is 2. The monoisotopic (exact) mass is 402 g/mol. The Bertz CT molecular complexity index is 919. The molecule has 2 aromatic heterocycles. The predicted molar refractivity (Wildman–Crippen MR) is 106 cm³/mol. The Labute approximate surface area is 165 Å². The van der Waals surface area contributed by atoms with E-state index >= 15 is 0 Å². The Hall–Kier alpha value is -2.38. The summed E-state index contributed by atoms with van der Waals surface area (Å²) < 4.78 is 5.58. The van der Waals surface area contributed by atoms with E-state index in [-0.39, 0.29) is 6.03 Å². The summed E-state index contributed by atoms with van der Waals surface area (Å²) in [5, 5.41) is 14.4. The SMILES string of the molecule is O=C(Nc1ccccc1Cl)NC1(c2nc(-c3ccsc3)no2)CCCCC1. The van der Waals surface area contributed by atoms with E-state index in [2.05, 4.69) is 20.8 Å². The van der Waals surface area contributed by atoms with Crippen LogP contribution in [-0.4, -0.2) is 16.2 Å². The number of aromatic nitrogens is 2. The quantitative estimate of drug-likeness (QED) is 0.609. The summed E-state index contributed by atoms with van der Waals surface area (Å²) in [4.78, 5) is 17.3. The Morgan fingerprint density at radius 1 is 1.19 bits per heavy atom. The van der Waals surface area contributed by atoms with Crippen LogP contribution in [0, 0.1) is 0 Å². The van der Waals surface area contributed by atoms with Crippen LogP contribution in [0.5, 0.6) is 0 Å². The van der Waals surface area contributed by atoms with Crippen LogP contribution in [-0.2, 0) is 5.54 Å². The number of carbonyl (C=O) groups is 1. The molecule has 27 heavy (non-hydrogen) atoms. The minimum absolute atomic E-state index is 0.333. The molecule has 2 heterocycles. The molecule has 2 N–H and O–H groups in total. The third-order valence-corrected chi connectivity index (χ3v) is 5.81. The number of urea groups is 1. The average Bonchev–Trinajstić information content (AvgIpc) is 3.36. The zero-order valence-corrected chi connectivity index (χ0v) is 16.1. The smallest absolute Gasteiger partial charge is 0.320 e. The van der Waals surface area contributed by atoms with Crippen molar-refractivity contribution in [3.05, 3.63) is 52.0 Å². The van der Waals surface area contributed by atoms with Gasteiger partial charge in [-0.3, -0.25) is 0 Å². The van der Waals surface area contributed by atoms with E-state index in [0.717, 1.165) is 37.7 Å². The zero-order valence-electron chi connectivity index (χ0n) is 14.6. The summed E-state index contributed by atoms with van der Waals surface area (Å²) in [5.41, 5.74) is 0.818. The topological polar surface area (TPSA) is 80.0 Å². The first-order valence-electron chi connectivity index (χ1n) is 8.87. The maximum atomic E-state index is 12.7. The summed E-state index contributed by atoms with van der Waals surface area (Å²) >= 11 is 7.72. The first-order chi connectivity index (χ1) is 13.2. The number of anilines is 1. The number of hydrogen-bond acceptors (Lipinski definition) is 5. The van der Waals surface area contributed by atoms with Crippen LogP contribution in [0.2, 0.25) is 5.02 Å². The molecule has 0 radical (unpaired) electrons. The zero-order chi connectivity index (χ0) is 18.7. The summed E-state index contributed by atoms with van der Waals surface area (Å²) in [5.74, 6) is 1.00. The van der Waals surface area contributed by atoms with Gasteiger partial charge in [-0.25, -0.2) is 4.79 Å². The fourth-order valence-corrected chi connectivity index (χ4v) is 4.23. The lowest BCUT2D eigenvalue weighted by molar-refractivity contribution is 0.173. The van der Waals surface area contributed by atoms with Gasteiger partial charge in [-0.15, -0.1) is 0 Å². The number of rotatable bonds is 4. The number of nitrogens with one attached hydrogen (secondary N) is 2. The van der Waals surface area contributed by atoms with Crippen LogP contribution in [0.3, 0.4) is 0 Å². The fraction of sp³-hybridized carbons (Fsp3) is 0.316. The molecule has 0 unspecified atom stereocenters. The van der Waals surface area contributed by atoms with E-state index < -0.39 is 5.54 Å². The van der Waals surface area contributed by atoms with E-state index in [1.807, 2.05) is 29.0 Å². The third kappa shape index (κ3) is 3.84. The Morgan fingerprint density at radius 3 is 2.74 bits per heavy atom. The highest BCUT2D eigenvalue weighted by molar-refractivity contribution is 7.08. The van der Waals surface area contributed by atoms with Crippen molar-refractivity contribution < 1.29 is 9.32 Å². The molecule has 0 aliphatic heterocycles. The van der Waals surface area contributed by atoms with E-state index in [4.69, 9.17) is 16.1 Å². The van der Waals surface area contributed by atoms with Crippen molar-refractivity contribution in [2.45, 2.75) is 37.6 Å². The molecule has 0 bridgehead atoms. The van der Waals surface area contributed by atoms with E-state index in [9.17, 15) is 4.79 Å². The summed E-state index contributed by atoms with van der Waals surface area (Å²) in [6.45, 7) is 0. The van der Waals surface area contributed by atoms with Crippen LogP contribution >= 0.6 is 22.9 Å². The molecule has 3 aromatic rings. The molecule has 0 saturated heterocycles. The number of para-hydroxylation sites is 1. The second kappa shape index (κ2) is 7.70. The molecular formula is C19H19ClN4O2S. The van der Waals surface area contributed by atoms with E-state index in [0.29, 0.717) is 22.4 Å². The van der Waals surface area contributed by atoms with Gasteiger partial charge in [0, 0.05) is 10.9 Å². The summed E-state index contributed by atoms with van der Waals surface area (Å²) in [6.07, 6.45) is 4.62. The largest absolute Gasteiger partial charge is 0.336 e. The molecule has 1 saturated carbocycles. The van der Waals surface area contributed by atoms with Crippen LogP contribution in [0.15, 0.2) is 45.6 Å². The molecule has 1 aromatic carbocycles. The van der Waals surface area contributed by atoms with E-state index in [1.54, 1.807) is 23.5 Å². The molecule has 2 amide bonds. The van der Waals surface area contributed by atoms with Crippen LogP contribution in [0.4, 0.5) is 10.5 Å². The van der Waals surface area contributed by atoms with Gasteiger partial charge < -0.3 is 15.2 Å². The molecule has 0 spiro atoms. The Kier molecular flexibility index (Phi) is 5.13. The van der Waals surface area contributed by atoms with Gasteiger partial charge in [-0.1, -0.05) is 48.2 Å². The van der Waals surface area contributed by atoms with Gasteiger partial charge in [0.05, 0.1) is 10.7 Å². The van der Waals surface area contributed by atoms with Gasteiger partial charge in [0.15, 0.2) is 0 Å². The first-order valence-corrected chi connectivity index (χ1v) is 10.2. The molecule has 1 aliphatic rings. The van der Waals surface area contributed by atoms with Gasteiger partial charge in [0.1, 0.15) is 5.54 Å². The number of halogens is 1. The van der Waals surface area contributed by atoms with Crippen molar-refractivity contribution in [3.8, 4) is 11.4 Å². The number of nitrogens with zero attached hydrogens (tertiary/aromatic N) is 2. The molecule has 6 nitrogen and oxygen atoms in total. The van der Waals surface area contributed by atoms with Crippen molar-refractivity contribution in [2.24, 2.45) is 0 Å². The van der Waals surface area contributed by atoms with Crippen molar-refractivity contribution in [3.63, 3.8) is 0 Å². The molecule has 140 valence electrons. The number of thiophene rings is 1. The second-order valence-corrected chi connectivity index (χ2v) is 7.82. The lowest BCUT2D eigenvalue weighted by Crippen LogP contribution is -2.49. The van der Waals surface area contributed by atoms with Gasteiger partial charge in [0.2, 0.25) is 5.82 Å². The summed E-state index contributed by atoms with van der Waals surface area (Å²) in [7, 11) is 0. The molecule has 8 heteroatoms. The summed E-state index contributed by atoms with van der Waals surface area (Å²) in [6, 6.07) is 8.75. The maximum Gasteiger partial charge on any atom is 0.320 e. The fourth-order valence-electron chi connectivity index (χ4n) is 3.41. The lowest BCUT2D eigenvalue weighted by Gasteiger charge is -2.34. The van der Waals surface area contributed by atoms with E-state index in [1.165, 1.54) is 0 Å². The highest BCUT2D eigenvalue weighted by atomic mass is 35.5. The van der Waals surface area contributed by atoms with Crippen molar-refractivity contribution in [1.82, 2.24) is 15.5 Å². The maximum absolute atomic E-state index is 12.7. The van der Waals surface area contributed by atoms with Crippen LogP contribution in [0.25, 0.3) is 11.4 Å².